The molecule has 1 aromatic carbocycles. The fraction of sp³-hybridized carbons (Fsp3) is 0.562. The van der Waals surface area contributed by atoms with Gasteiger partial charge in [-0.3, -0.25) is 4.79 Å². The zero-order valence-corrected chi connectivity index (χ0v) is 13.2. The second kappa shape index (κ2) is 6.36. The summed E-state index contributed by atoms with van der Waals surface area (Å²) < 4.78 is 0. The van der Waals surface area contributed by atoms with E-state index in [4.69, 9.17) is 23.2 Å². The van der Waals surface area contributed by atoms with Crippen LogP contribution in [0.1, 0.15) is 44.6 Å². The topological polar surface area (TPSA) is 37.3 Å². The molecule has 1 aliphatic rings. The van der Waals surface area contributed by atoms with Gasteiger partial charge in [-0.05, 0) is 55.7 Å². The molecule has 0 amide bonds. The highest BCUT2D eigenvalue weighted by atomic mass is 35.5. The number of carbonyl (C=O) groups is 1. The molecule has 0 unspecified atom stereocenters. The second-order valence-electron chi connectivity index (χ2n) is 5.81. The van der Waals surface area contributed by atoms with E-state index >= 15 is 0 Å². The lowest BCUT2D eigenvalue weighted by molar-refractivity contribution is -0.151. The van der Waals surface area contributed by atoms with Gasteiger partial charge in [0.1, 0.15) is 0 Å². The summed E-state index contributed by atoms with van der Waals surface area (Å²) in [6.45, 7) is 2.17. The molecule has 0 spiro atoms. The summed E-state index contributed by atoms with van der Waals surface area (Å²) in [7, 11) is 0. The van der Waals surface area contributed by atoms with Crippen molar-refractivity contribution in [1.82, 2.24) is 0 Å². The van der Waals surface area contributed by atoms with Crippen LogP contribution in [0.2, 0.25) is 10.0 Å². The Hall–Kier alpha value is -0.730. The van der Waals surface area contributed by atoms with Crippen LogP contribution >= 0.6 is 23.2 Å². The van der Waals surface area contributed by atoms with Crippen molar-refractivity contribution in [3.05, 3.63) is 33.8 Å². The number of aliphatic carboxylic acids is 1. The molecule has 4 heteroatoms. The molecule has 0 heterocycles. The Morgan fingerprint density at radius 3 is 2.30 bits per heavy atom. The number of hydrogen-bond donors (Lipinski definition) is 1. The third kappa shape index (κ3) is 3.12. The first-order valence-corrected chi connectivity index (χ1v) is 7.90. The molecular formula is C16H20Cl2O2. The van der Waals surface area contributed by atoms with E-state index in [2.05, 4.69) is 6.92 Å². The van der Waals surface area contributed by atoms with Crippen molar-refractivity contribution in [3.63, 3.8) is 0 Å². The van der Waals surface area contributed by atoms with Gasteiger partial charge in [-0.25, -0.2) is 0 Å². The van der Waals surface area contributed by atoms with Gasteiger partial charge in [-0.1, -0.05) is 42.6 Å². The standard InChI is InChI=1S/C16H20Cl2O2/c1-2-11-6-8-16(9-7-11,15(19)20)10-12-13(17)4-3-5-14(12)18/h3-5,11H,2,6-10H2,1H3,(H,19,20). The Labute approximate surface area is 130 Å². The van der Waals surface area contributed by atoms with Crippen molar-refractivity contribution in [3.8, 4) is 0 Å². The molecule has 0 atom stereocenters. The van der Waals surface area contributed by atoms with Crippen molar-refractivity contribution < 1.29 is 9.90 Å². The van der Waals surface area contributed by atoms with Crippen LogP contribution in [0, 0.1) is 11.3 Å². The van der Waals surface area contributed by atoms with Gasteiger partial charge in [-0.15, -0.1) is 0 Å². The molecule has 1 aliphatic carbocycles. The number of carboxylic acid groups (broad SMARTS) is 1. The molecule has 0 radical (unpaired) electrons. The Morgan fingerprint density at radius 1 is 1.30 bits per heavy atom. The first-order valence-electron chi connectivity index (χ1n) is 7.15. The van der Waals surface area contributed by atoms with Crippen molar-refractivity contribution in [2.75, 3.05) is 0 Å². The predicted molar refractivity (Wildman–Crippen MR) is 82.5 cm³/mol. The van der Waals surface area contributed by atoms with Gasteiger partial charge in [0.05, 0.1) is 5.41 Å². The third-order valence-electron chi connectivity index (χ3n) is 4.67. The average Bonchev–Trinajstić information content (AvgIpc) is 2.43. The summed E-state index contributed by atoms with van der Waals surface area (Å²) in [6.07, 6.45) is 4.93. The maximum atomic E-state index is 11.8. The molecule has 0 bridgehead atoms. The lowest BCUT2D eigenvalue weighted by atomic mass is 9.67. The smallest absolute Gasteiger partial charge is 0.309 e. The number of carboxylic acids is 1. The first-order chi connectivity index (χ1) is 9.48. The zero-order valence-electron chi connectivity index (χ0n) is 11.7. The van der Waals surface area contributed by atoms with E-state index in [9.17, 15) is 9.90 Å². The molecule has 2 rings (SSSR count). The minimum absolute atomic E-state index is 0.428. The third-order valence-corrected chi connectivity index (χ3v) is 5.38. The average molecular weight is 315 g/mol. The van der Waals surface area contributed by atoms with Crippen LogP contribution < -0.4 is 0 Å². The van der Waals surface area contributed by atoms with E-state index in [0.29, 0.717) is 35.2 Å². The van der Waals surface area contributed by atoms with Crippen LogP contribution in [-0.4, -0.2) is 11.1 Å². The molecule has 2 nitrogen and oxygen atoms in total. The minimum atomic E-state index is -0.719. The molecule has 1 saturated carbocycles. The van der Waals surface area contributed by atoms with Crippen molar-refractivity contribution in [2.45, 2.75) is 45.4 Å². The Morgan fingerprint density at radius 2 is 1.85 bits per heavy atom. The molecule has 0 aliphatic heterocycles. The number of rotatable bonds is 4. The monoisotopic (exact) mass is 314 g/mol. The molecule has 110 valence electrons. The summed E-state index contributed by atoms with van der Waals surface area (Å²) in [5.41, 5.74) is 0.0634. The maximum absolute atomic E-state index is 11.8. The van der Waals surface area contributed by atoms with Crippen LogP contribution in [0.4, 0.5) is 0 Å². The molecular weight excluding hydrogens is 295 g/mol. The van der Waals surface area contributed by atoms with Crippen LogP contribution in [0.15, 0.2) is 18.2 Å². The highest BCUT2D eigenvalue weighted by Gasteiger charge is 2.42. The van der Waals surface area contributed by atoms with Crippen LogP contribution in [0.3, 0.4) is 0 Å². The summed E-state index contributed by atoms with van der Waals surface area (Å²) in [5, 5.41) is 10.8. The summed E-state index contributed by atoms with van der Waals surface area (Å²) in [6, 6.07) is 5.33. The lowest BCUT2D eigenvalue weighted by Gasteiger charge is -2.37. The fourth-order valence-electron chi connectivity index (χ4n) is 3.14. The van der Waals surface area contributed by atoms with E-state index in [0.717, 1.165) is 24.8 Å². The zero-order chi connectivity index (χ0) is 14.8. The summed E-state index contributed by atoms with van der Waals surface area (Å²) in [5.74, 6) is -0.0627. The molecule has 0 saturated heterocycles. The van der Waals surface area contributed by atoms with Crippen LogP contribution in [0.25, 0.3) is 0 Å². The summed E-state index contributed by atoms with van der Waals surface area (Å²) in [4.78, 5) is 11.8. The number of hydrogen-bond acceptors (Lipinski definition) is 1. The number of benzene rings is 1. The molecule has 20 heavy (non-hydrogen) atoms. The van der Waals surface area contributed by atoms with Gasteiger partial charge in [0.2, 0.25) is 0 Å². The highest BCUT2D eigenvalue weighted by molar-refractivity contribution is 6.36. The highest BCUT2D eigenvalue weighted by Crippen LogP contribution is 2.44. The Bertz CT molecular complexity index is 471. The van der Waals surface area contributed by atoms with E-state index in [1.807, 2.05) is 0 Å². The SMILES string of the molecule is CCC1CCC(Cc2c(Cl)cccc2Cl)(C(=O)O)CC1. The van der Waals surface area contributed by atoms with Gasteiger partial charge in [0.15, 0.2) is 0 Å². The molecule has 1 N–H and O–H groups in total. The van der Waals surface area contributed by atoms with Crippen molar-refractivity contribution >= 4 is 29.2 Å². The normalized spacial score (nSPS) is 26.4. The van der Waals surface area contributed by atoms with Crippen LogP contribution in [-0.2, 0) is 11.2 Å². The number of halogens is 2. The summed E-state index contributed by atoms with van der Waals surface area (Å²) >= 11 is 12.4. The van der Waals surface area contributed by atoms with Crippen LogP contribution in [0.5, 0.6) is 0 Å². The fourth-order valence-corrected chi connectivity index (χ4v) is 3.68. The van der Waals surface area contributed by atoms with Gasteiger partial charge >= 0.3 is 5.97 Å². The molecule has 1 fully saturated rings. The lowest BCUT2D eigenvalue weighted by Crippen LogP contribution is -2.37. The minimum Gasteiger partial charge on any atom is -0.481 e. The van der Waals surface area contributed by atoms with Gasteiger partial charge in [-0.2, -0.15) is 0 Å². The Kier molecular flexibility index (Phi) is 4.98. The largest absolute Gasteiger partial charge is 0.481 e. The quantitative estimate of drug-likeness (QED) is 0.828. The predicted octanol–water partition coefficient (Wildman–Crippen LogP) is 5.21. The second-order valence-corrected chi connectivity index (χ2v) is 6.63. The van der Waals surface area contributed by atoms with Crippen molar-refractivity contribution in [1.29, 1.82) is 0 Å². The Balaban J connectivity index is 2.25. The van der Waals surface area contributed by atoms with E-state index in [-0.39, 0.29) is 0 Å². The maximum Gasteiger partial charge on any atom is 0.309 e. The van der Waals surface area contributed by atoms with E-state index in [1.54, 1.807) is 18.2 Å². The van der Waals surface area contributed by atoms with Gasteiger partial charge in [0.25, 0.3) is 0 Å². The van der Waals surface area contributed by atoms with Gasteiger partial charge < -0.3 is 5.11 Å². The molecule has 0 aromatic heterocycles. The van der Waals surface area contributed by atoms with Crippen molar-refractivity contribution in [2.24, 2.45) is 11.3 Å². The van der Waals surface area contributed by atoms with E-state index in [1.165, 1.54) is 0 Å². The first kappa shape index (κ1) is 15.7. The van der Waals surface area contributed by atoms with Gasteiger partial charge in [0, 0.05) is 10.0 Å². The van der Waals surface area contributed by atoms with E-state index < -0.39 is 11.4 Å². The molecule has 1 aromatic rings.